The molecule has 9 heteroatoms. The minimum Gasteiger partial charge on any atom is -0.274 e. The fourth-order valence-corrected chi connectivity index (χ4v) is 4.98. The smallest absolute Gasteiger partial charge is 0.230 e. The molecular weight excluding hydrogens is 440 g/mol. The Morgan fingerprint density at radius 1 is 1.12 bits per heavy atom. The highest BCUT2D eigenvalue weighted by atomic mass is 32.2. The maximum absolute atomic E-state index is 12.4. The van der Waals surface area contributed by atoms with Crippen molar-refractivity contribution in [1.82, 2.24) is 25.2 Å². The van der Waals surface area contributed by atoms with Gasteiger partial charge in [0.2, 0.25) is 11.1 Å². The van der Waals surface area contributed by atoms with Crippen LogP contribution in [-0.4, -0.2) is 31.1 Å². The highest BCUT2D eigenvalue weighted by molar-refractivity contribution is 7.98. The molecule has 1 amide bonds. The summed E-state index contributed by atoms with van der Waals surface area (Å²) < 4.78 is 1.74. The molecule has 0 aliphatic carbocycles. The van der Waals surface area contributed by atoms with Gasteiger partial charge in [-0.25, -0.2) is 4.98 Å². The van der Waals surface area contributed by atoms with E-state index in [1.54, 1.807) is 16.5 Å². The Hall–Kier alpha value is -3.04. The van der Waals surface area contributed by atoms with Crippen LogP contribution in [-0.2, 0) is 17.0 Å². The Balaban J connectivity index is 1.50. The molecule has 0 unspecified atom stereocenters. The molecule has 7 nitrogen and oxygen atoms in total. The van der Waals surface area contributed by atoms with Gasteiger partial charge in [0.1, 0.15) is 0 Å². The van der Waals surface area contributed by atoms with Gasteiger partial charge in [0.15, 0.2) is 5.13 Å². The summed E-state index contributed by atoms with van der Waals surface area (Å²) in [6.07, 6.45) is 0.959. The van der Waals surface area contributed by atoms with Crippen molar-refractivity contribution in [3.05, 3.63) is 70.2 Å². The third kappa shape index (κ3) is 4.73. The molecule has 0 N–H and O–H groups in total. The molecule has 0 aliphatic heterocycles. The third-order valence-corrected chi connectivity index (χ3v) is 7.00. The maximum Gasteiger partial charge on any atom is 0.230 e. The normalized spacial score (nSPS) is 11.0. The fraction of sp³-hybridized carbons (Fsp3) is 0.261. The maximum atomic E-state index is 12.4. The highest BCUT2D eigenvalue weighted by Crippen LogP contribution is 2.31. The molecule has 4 rings (SSSR count). The van der Waals surface area contributed by atoms with Crippen LogP contribution >= 0.6 is 23.1 Å². The van der Waals surface area contributed by atoms with Crippen LogP contribution < -0.4 is 4.90 Å². The summed E-state index contributed by atoms with van der Waals surface area (Å²) in [7, 11) is 0. The van der Waals surface area contributed by atoms with Crippen molar-refractivity contribution < 1.29 is 4.79 Å². The second-order valence-corrected chi connectivity index (χ2v) is 9.21. The molecule has 32 heavy (non-hydrogen) atoms. The van der Waals surface area contributed by atoms with Crippen molar-refractivity contribution in [1.29, 1.82) is 0 Å². The van der Waals surface area contributed by atoms with E-state index in [9.17, 15) is 4.79 Å². The van der Waals surface area contributed by atoms with E-state index in [2.05, 4.69) is 48.4 Å². The number of benzene rings is 2. The van der Waals surface area contributed by atoms with Gasteiger partial charge in [0, 0.05) is 18.1 Å². The van der Waals surface area contributed by atoms with Crippen LogP contribution in [0.1, 0.15) is 36.2 Å². The number of carbonyl (C=O) groups is 1. The Bertz CT molecular complexity index is 1230. The lowest BCUT2D eigenvalue weighted by atomic mass is 10.1. The lowest BCUT2D eigenvalue weighted by Gasteiger charge is -2.18. The molecule has 0 atom stereocenters. The number of amides is 1. The predicted molar refractivity (Wildman–Crippen MR) is 129 cm³/mol. The number of carbonyl (C=O) groups excluding carboxylic acids is 1. The van der Waals surface area contributed by atoms with Gasteiger partial charge in [-0.05, 0) is 71.7 Å². The Labute approximate surface area is 195 Å². The standard InChI is InChI=1S/C23H24N6OS2/c1-5-18-7-10-20(11-8-18)28(17(4)30)22-24-19(13-31-22)14-32-23-25-26-27-29(23)21-9-6-15(2)16(3)12-21/h6-13H,5,14H2,1-4H3. The predicted octanol–water partition coefficient (Wildman–Crippen LogP) is 5.27. The van der Waals surface area contributed by atoms with Crippen molar-refractivity contribution in [2.24, 2.45) is 0 Å². The van der Waals surface area contributed by atoms with Crippen molar-refractivity contribution in [3.63, 3.8) is 0 Å². The minimum absolute atomic E-state index is 0.0681. The summed E-state index contributed by atoms with van der Waals surface area (Å²) in [5.74, 6) is 0.531. The fourth-order valence-electron chi connectivity index (χ4n) is 3.20. The number of hydrogen-bond acceptors (Lipinski definition) is 7. The molecule has 0 spiro atoms. The second kappa shape index (κ2) is 9.62. The Morgan fingerprint density at radius 3 is 2.59 bits per heavy atom. The van der Waals surface area contributed by atoms with Gasteiger partial charge >= 0.3 is 0 Å². The van der Waals surface area contributed by atoms with Crippen LogP contribution in [0.4, 0.5) is 10.8 Å². The molecule has 2 aromatic heterocycles. The van der Waals surface area contributed by atoms with Crippen LogP contribution in [0.2, 0.25) is 0 Å². The van der Waals surface area contributed by atoms with Crippen LogP contribution in [0.25, 0.3) is 5.69 Å². The molecule has 4 aromatic rings. The van der Waals surface area contributed by atoms with Crippen LogP contribution in [0, 0.1) is 13.8 Å². The lowest BCUT2D eigenvalue weighted by molar-refractivity contribution is -0.115. The number of hydrogen-bond donors (Lipinski definition) is 0. The van der Waals surface area contributed by atoms with Crippen molar-refractivity contribution >= 4 is 39.8 Å². The van der Waals surface area contributed by atoms with Gasteiger partial charge < -0.3 is 0 Å². The summed E-state index contributed by atoms with van der Waals surface area (Å²) in [5.41, 5.74) is 6.27. The van der Waals surface area contributed by atoms with Gasteiger partial charge in [0.25, 0.3) is 0 Å². The molecule has 0 bridgehead atoms. The summed E-state index contributed by atoms with van der Waals surface area (Å²) in [5, 5.41) is 15.5. The van der Waals surface area contributed by atoms with Gasteiger partial charge in [-0.15, -0.1) is 16.4 Å². The molecule has 164 valence electrons. The van der Waals surface area contributed by atoms with E-state index < -0.39 is 0 Å². The summed E-state index contributed by atoms with van der Waals surface area (Å²) >= 11 is 2.97. The van der Waals surface area contributed by atoms with Crippen molar-refractivity contribution in [2.75, 3.05) is 4.90 Å². The first-order valence-corrected chi connectivity index (χ1v) is 12.2. The lowest BCUT2D eigenvalue weighted by Crippen LogP contribution is -2.22. The average molecular weight is 465 g/mol. The topological polar surface area (TPSA) is 76.8 Å². The number of nitrogens with zero attached hydrogens (tertiary/aromatic N) is 6. The van der Waals surface area contributed by atoms with E-state index >= 15 is 0 Å². The number of tetrazole rings is 1. The largest absolute Gasteiger partial charge is 0.274 e. The minimum atomic E-state index is -0.0681. The van der Waals surface area contributed by atoms with Crippen LogP contribution in [0.5, 0.6) is 0 Å². The SMILES string of the molecule is CCc1ccc(N(C(C)=O)c2nc(CSc3nnnn3-c3ccc(C)c(C)c3)cs2)cc1. The molecule has 2 heterocycles. The van der Waals surface area contributed by atoms with Gasteiger partial charge in [-0.2, -0.15) is 4.68 Å². The number of aryl methyl sites for hydroxylation is 3. The van der Waals surface area contributed by atoms with E-state index in [0.717, 1.165) is 23.5 Å². The zero-order chi connectivity index (χ0) is 22.7. The van der Waals surface area contributed by atoms with Gasteiger partial charge in [-0.3, -0.25) is 9.69 Å². The summed E-state index contributed by atoms with van der Waals surface area (Å²) in [6.45, 7) is 7.82. The monoisotopic (exact) mass is 464 g/mol. The zero-order valence-corrected chi connectivity index (χ0v) is 20.1. The van der Waals surface area contributed by atoms with Crippen molar-refractivity contribution in [2.45, 2.75) is 45.0 Å². The van der Waals surface area contributed by atoms with Crippen LogP contribution in [0.3, 0.4) is 0 Å². The first-order chi connectivity index (χ1) is 15.5. The number of thiazole rings is 1. The first kappa shape index (κ1) is 22.2. The average Bonchev–Trinajstić information content (AvgIpc) is 3.44. The molecule has 0 radical (unpaired) electrons. The number of anilines is 2. The van der Waals surface area contributed by atoms with Crippen molar-refractivity contribution in [3.8, 4) is 5.69 Å². The Morgan fingerprint density at radius 2 is 1.91 bits per heavy atom. The van der Waals surface area contributed by atoms with Gasteiger partial charge in [-0.1, -0.05) is 36.9 Å². The molecular formula is C23H24N6OS2. The number of thioether (sulfide) groups is 1. The molecule has 0 saturated heterocycles. The van der Waals surface area contributed by atoms with E-state index in [-0.39, 0.29) is 5.91 Å². The molecule has 0 fully saturated rings. The first-order valence-electron chi connectivity index (χ1n) is 10.3. The number of rotatable bonds is 7. The second-order valence-electron chi connectivity index (χ2n) is 7.43. The Kier molecular flexibility index (Phi) is 6.66. The van der Waals surface area contributed by atoms with E-state index in [1.165, 1.54) is 39.8 Å². The number of aromatic nitrogens is 5. The molecule has 0 aliphatic rings. The summed E-state index contributed by atoms with van der Waals surface area (Å²) in [4.78, 5) is 18.7. The highest BCUT2D eigenvalue weighted by Gasteiger charge is 2.18. The van der Waals surface area contributed by atoms with E-state index in [0.29, 0.717) is 16.0 Å². The zero-order valence-electron chi connectivity index (χ0n) is 18.4. The molecule has 0 saturated carbocycles. The summed E-state index contributed by atoms with van der Waals surface area (Å²) in [6, 6.07) is 14.2. The molecule has 2 aromatic carbocycles. The van der Waals surface area contributed by atoms with E-state index in [1.807, 2.05) is 35.7 Å². The van der Waals surface area contributed by atoms with E-state index in [4.69, 9.17) is 4.98 Å². The quantitative estimate of drug-likeness (QED) is 0.347. The van der Waals surface area contributed by atoms with Crippen LogP contribution in [0.15, 0.2) is 53.0 Å². The third-order valence-electron chi connectivity index (χ3n) is 5.17. The van der Waals surface area contributed by atoms with Gasteiger partial charge in [0.05, 0.1) is 17.1 Å².